The average Bonchev–Trinajstić information content (AvgIpc) is 3.08. The lowest BCUT2D eigenvalue weighted by Gasteiger charge is -2.21. The number of hydrogen-bond acceptors (Lipinski definition) is 5. The zero-order valence-corrected chi connectivity index (χ0v) is 16.4. The van der Waals surface area contributed by atoms with Gasteiger partial charge < -0.3 is 14.5 Å². The average molecular weight is 415 g/mol. The van der Waals surface area contributed by atoms with Crippen molar-refractivity contribution >= 4 is 46.0 Å². The second kappa shape index (κ2) is 9.25. The van der Waals surface area contributed by atoms with Crippen LogP contribution in [0.3, 0.4) is 0 Å². The fourth-order valence-corrected chi connectivity index (χ4v) is 3.08. The van der Waals surface area contributed by atoms with Crippen molar-refractivity contribution in [3.05, 3.63) is 65.3 Å². The smallest absolute Gasteiger partial charge is 0.356 e. The molecular formula is C21H19ClN2O5. The van der Waals surface area contributed by atoms with E-state index in [1.54, 1.807) is 61.5 Å². The van der Waals surface area contributed by atoms with Crippen LogP contribution in [-0.2, 0) is 19.1 Å². The molecule has 1 heterocycles. The molecule has 2 aromatic carbocycles. The summed E-state index contributed by atoms with van der Waals surface area (Å²) in [5.74, 6) is -1.89. The number of esters is 2. The van der Waals surface area contributed by atoms with E-state index in [9.17, 15) is 14.4 Å². The van der Waals surface area contributed by atoms with Crippen LogP contribution in [0.25, 0.3) is 10.9 Å². The summed E-state index contributed by atoms with van der Waals surface area (Å²) in [7, 11) is 0. The lowest BCUT2D eigenvalue weighted by Crippen LogP contribution is -2.39. The molecule has 0 radical (unpaired) electrons. The van der Waals surface area contributed by atoms with Gasteiger partial charge in [0.15, 0.2) is 6.61 Å². The molecule has 1 N–H and O–H groups in total. The number of amides is 1. The third-order valence-electron chi connectivity index (χ3n) is 4.14. The topological polar surface area (TPSA) is 88.7 Å². The van der Waals surface area contributed by atoms with Gasteiger partial charge in [-0.3, -0.25) is 14.5 Å². The molecule has 0 saturated carbocycles. The SMILES string of the molecule is CCOC(=O)CN(C(=O)COC(=O)c1[nH]c2ccccc2c1Cl)c1ccccc1. The van der Waals surface area contributed by atoms with E-state index in [0.717, 1.165) is 0 Å². The Hall–Kier alpha value is -3.32. The molecule has 3 rings (SSSR count). The number of nitrogens with zero attached hydrogens (tertiary/aromatic N) is 1. The third-order valence-corrected chi connectivity index (χ3v) is 4.53. The molecule has 0 aliphatic rings. The summed E-state index contributed by atoms with van der Waals surface area (Å²) in [6.07, 6.45) is 0. The van der Waals surface area contributed by atoms with E-state index < -0.39 is 24.5 Å². The van der Waals surface area contributed by atoms with Gasteiger partial charge in [-0.1, -0.05) is 48.0 Å². The van der Waals surface area contributed by atoms with Gasteiger partial charge in [-0.15, -0.1) is 0 Å². The molecule has 3 aromatic rings. The number of nitrogens with one attached hydrogen (secondary N) is 1. The van der Waals surface area contributed by atoms with Crippen molar-refractivity contribution in [1.29, 1.82) is 0 Å². The summed E-state index contributed by atoms with van der Waals surface area (Å²) in [5.41, 5.74) is 1.24. The normalized spacial score (nSPS) is 10.6. The van der Waals surface area contributed by atoms with Crippen LogP contribution in [0.1, 0.15) is 17.4 Å². The van der Waals surface area contributed by atoms with Crippen LogP contribution in [-0.4, -0.2) is 42.6 Å². The van der Waals surface area contributed by atoms with E-state index >= 15 is 0 Å². The van der Waals surface area contributed by atoms with Gasteiger partial charge in [0, 0.05) is 16.6 Å². The maximum atomic E-state index is 12.7. The molecule has 0 fully saturated rings. The predicted octanol–water partition coefficient (Wildman–Crippen LogP) is 3.57. The van der Waals surface area contributed by atoms with E-state index in [-0.39, 0.29) is 23.9 Å². The minimum Gasteiger partial charge on any atom is -0.465 e. The first-order valence-corrected chi connectivity index (χ1v) is 9.33. The van der Waals surface area contributed by atoms with E-state index in [1.165, 1.54) is 4.90 Å². The Kier molecular flexibility index (Phi) is 6.51. The van der Waals surface area contributed by atoms with Crippen LogP contribution in [0.5, 0.6) is 0 Å². The molecule has 0 unspecified atom stereocenters. The Balaban J connectivity index is 1.72. The molecule has 0 aliphatic carbocycles. The highest BCUT2D eigenvalue weighted by atomic mass is 35.5. The van der Waals surface area contributed by atoms with Crippen molar-refractivity contribution in [2.75, 3.05) is 24.7 Å². The Morgan fingerprint density at radius 1 is 1.00 bits per heavy atom. The Labute approximate surface area is 172 Å². The molecule has 7 nitrogen and oxygen atoms in total. The first-order valence-electron chi connectivity index (χ1n) is 8.95. The van der Waals surface area contributed by atoms with Gasteiger partial charge >= 0.3 is 11.9 Å². The van der Waals surface area contributed by atoms with Crippen LogP contribution >= 0.6 is 11.6 Å². The Morgan fingerprint density at radius 2 is 1.69 bits per heavy atom. The Morgan fingerprint density at radius 3 is 2.38 bits per heavy atom. The fourth-order valence-electron chi connectivity index (χ4n) is 2.79. The van der Waals surface area contributed by atoms with Crippen molar-refractivity contribution in [3.63, 3.8) is 0 Å². The lowest BCUT2D eigenvalue weighted by molar-refractivity contribution is -0.142. The summed E-state index contributed by atoms with van der Waals surface area (Å²) in [6.45, 7) is 1.03. The molecule has 0 spiro atoms. The molecule has 1 amide bonds. The van der Waals surface area contributed by atoms with Crippen molar-refractivity contribution in [2.24, 2.45) is 0 Å². The van der Waals surface area contributed by atoms with Crippen LogP contribution in [0.15, 0.2) is 54.6 Å². The molecule has 0 atom stereocenters. The standard InChI is InChI=1S/C21H19ClN2O5/c1-2-28-18(26)12-24(14-8-4-3-5-9-14)17(25)13-29-21(27)20-19(22)15-10-6-7-11-16(15)23-20/h3-11,23H,2,12-13H2,1H3. The number of fused-ring (bicyclic) bond motifs is 1. The summed E-state index contributed by atoms with van der Waals surface area (Å²) < 4.78 is 10.1. The van der Waals surface area contributed by atoms with Crippen LogP contribution in [0, 0.1) is 0 Å². The van der Waals surface area contributed by atoms with Crippen LogP contribution in [0.2, 0.25) is 5.02 Å². The second-order valence-corrected chi connectivity index (χ2v) is 6.43. The highest BCUT2D eigenvalue weighted by Gasteiger charge is 2.23. The second-order valence-electron chi connectivity index (χ2n) is 6.06. The van der Waals surface area contributed by atoms with Crippen molar-refractivity contribution in [2.45, 2.75) is 6.92 Å². The van der Waals surface area contributed by atoms with Gasteiger partial charge in [-0.2, -0.15) is 0 Å². The van der Waals surface area contributed by atoms with Crippen LogP contribution in [0.4, 0.5) is 5.69 Å². The van der Waals surface area contributed by atoms with Gasteiger partial charge in [0.1, 0.15) is 12.2 Å². The van der Waals surface area contributed by atoms with E-state index in [1.807, 2.05) is 0 Å². The number of carbonyl (C=O) groups is 3. The molecule has 0 bridgehead atoms. The third kappa shape index (κ3) is 4.75. The van der Waals surface area contributed by atoms with Gasteiger partial charge in [-0.25, -0.2) is 4.79 Å². The maximum absolute atomic E-state index is 12.7. The lowest BCUT2D eigenvalue weighted by atomic mass is 10.2. The number of aromatic nitrogens is 1. The number of H-pyrrole nitrogens is 1. The number of anilines is 1. The zero-order chi connectivity index (χ0) is 20.8. The molecule has 1 aromatic heterocycles. The van der Waals surface area contributed by atoms with E-state index in [4.69, 9.17) is 21.1 Å². The number of benzene rings is 2. The number of halogens is 1. The number of carbonyl (C=O) groups excluding carboxylic acids is 3. The quantitative estimate of drug-likeness (QED) is 0.597. The van der Waals surface area contributed by atoms with Gasteiger partial charge in [0.25, 0.3) is 5.91 Å². The number of para-hydroxylation sites is 2. The van der Waals surface area contributed by atoms with Crippen LogP contribution < -0.4 is 4.90 Å². The molecule has 150 valence electrons. The van der Waals surface area contributed by atoms with Crippen molar-refractivity contribution in [1.82, 2.24) is 4.98 Å². The summed E-state index contributed by atoms with van der Waals surface area (Å²) in [6, 6.07) is 15.8. The van der Waals surface area contributed by atoms with E-state index in [2.05, 4.69) is 4.98 Å². The zero-order valence-electron chi connectivity index (χ0n) is 15.7. The van der Waals surface area contributed by atoms with Gasteiger partial charge in [0.2, 0.25) is 0 Å². The number of aromatic amines is 1. The molecule has 0 saturated heterocycles. The monoisotopic (exact) mass is 414 g/mol. The largest absolute Gasteiger partial charge is 0.465 e. The predicted molar refractivity (Wildman–Crippen MR) is 109 cm³/mol. The number of rotatable bonds is 7. The fraction of sp³-hybridized carbons (Fsp3) is 0.190. The minimum absolute atomic E-state index is 0.0670. The molecule has 8 heteroatoms. The first-order chi connectivity index (χ1) is 14.0. The highest BCUT2D eigenvalue weighted by molar-refractivity contribution is 6.38. The maximum Gasteiger partial charge on any atom is 0.356 e. The van der Waals surface area contributed by atoms with Crippen molar-refractivity contribution < 1.29 is 23.9 Å². The number of ether oxygens (including phenoxy) is 2. The highest BCUT2D eigenvalue weighted by Crippen LogP contribution is 2.27. The molecule has 0 aliphatic heterocycles. The van der Waals surface area contributed by atoms with Crippen molar-refractivity contribution in [3.8, 4) is 0 Å². The first kappa shape index (κ1) is 20.4. The Bertz CT molecular complexity index is 1030. The summed E-state index contributed by atoms with van der Waals surface area (Å²) >= 11 is 6.24. The molecule has 29 heavy (non-hydrogen) atoms. The molecular weight excluding hydrogens is 396 g/mol. The minimum atomic E-state index is -0.760. The summed E-state index contributed by atoms with van der Waals surface area (Å²) in [4.78, 5) is 41.1. The number of hydrogen-bond donors (Lipinski definition) is 1. The van der Waals surface area contributed by atoms with Gasteiger partial charge in [0.05, 0.1) is 11.6 Å². The van der Waals surface area contributed by atoms with Gasteiger partial charge in [-0.05, 0) is 25.1 Å². The van der Waals surface area contributed by atoms with E-state index in [0.29, 0.717) is 16.6 Å². The summed E-state index contributed by atoms with van der Waals surface area (Å²) in [5, 5.41) is 0.908.